The van der Waals surface area contributed by atoms with Gasteiger partial charge in [-0.1, -0.05) is 40.9 Å². The zero-order valence-electron chi connectivity index (χ0n) is 12.5. The molecule has 1 N–H and O–H groups in total. The van der Waals surface area contributed by atoms with Crippen molar-refractivity contribution in [1.29, 1.82) is 0 Å². The lowest BCUT2D eigenvalue weighted by molar-refractivity contribution is -0.115. The molecule has 0 spiro atoms. The summed E-state index contributed by atoms with van der Waals surface area (Å²) < 4.78 is 10.4. The number of halogens is 3. The number of benzene rings is 2. The number of rotatable bonds is 5. The van der Waals surface area contributed by atoms with Gasteiger partial charge in [-0.25, -0.2) is 0 Å². The molecule has 0 bridgehead atoms. The van der Waals surface area contributed by atoms with Crippen LogP contribution in [-0.4, -0.2) is 20.1 Å². The first-order valence-electron chi connectivity index (χ1n) is 6.60. The smallest absolute Gasteiger partial charge is 0.229 e. The molecule has 0 radical (unpaired) electrons. The largest absolute Gasteiger partial charge is 0.495 e. The Morgan fingerprint density at radius 2 is 1.61 bits per heavy atom. The Bertz CT molecular complexity index is 715. The molecule has 2 aromatic carbocycles. The lowest BCUT2D eigenvalue weighted by Crippen LogP contribution is -2.15. The zero-order chi connectivity index (χ0) is 17.0. The molecule has 0 aliphatic carbocycles. The first-order chi connectivity index (χ1) is 11.0. The molecule has 122 valence electrons. The monoisotopic (exact) mass is 373 g/mol. The van der Waals surface area contributed by atoms with Crippen LogP contribution in [0, 0.1) is 0 Å². The van der Waals surface area contributed by atoms with E-state index >= 15 is 0 Å². The summed E-state index contributed by atoms with van der Waals surface area (Å²) in [5, 5.41) is 3.97. The standard InChI is InChI=1S/C16H14Cl3NO3/c1-22-14-8-15(23-2)13(7-12(14)19)20-16(21)6-9-10(17)4-3-5-11(9)18/h3-5,7-8H,6H2,1-2H3,(H,20,21). The number of carbonyl (C=O) groups is 1. The first-order valence-corrected chi connectivity index (χ1v) is 7.74. The van der Waals surface area contributed by atoms with E-state index in [0.29, 0.717) is 37.8 Å². The number of hydrogen-bond donors (Lipinski definition) is 1. The Kier molecular flexibility index (Phi) is 5.99. The highest BCUT2D eigenvalue weighted by Crippen LogP contribution is 2.36. The maximum Gasteiger partial charge on any atom is 0.229 e. The third-order valence-electron chi connectivity index (χ3n) is 3.15. The minimum absolute atomic E-state index is 0.0330. The van der Waals surface area contributed by atoms with Gasteiger partial charge in [0.15, 0.2) is 0 Å². The number of methoxy groups -OCH3 is 2. The summed E-state index contributed by atoms with van der Waals surface area (Å²) in [7, 11) is 2.99. The number of carbonyl (C=O) groups excluding carboxylic acids is 1. The van der Waals surface area contributed by atoms with Crippen molar-refractivity contribution in [3.63, 3.8) is 0 Å². The molecule has 0 fully saturated rings. The van der Waals surface area contributed by atoms with Gasteiger partial charge in [-0.05, 0) is 23.8 Å². The average Bonchev–Trinajstić information content (AvgIpc) is 2.51. The number of ether oxygens (including phenoxy) is 2. The summed E-state index contributed by atoms with van der Waals surface area (Å²) in [6, 6.07) is 8.24. The molecule has 1 amide bonds. The Morgan fingerprint density at radius 3 is 2.17 bits per heavy atom. The summed E-state index contributed by atoms with van der Waals surface area (Å²) in [5.41, 5.74) is 0.999. The third-order valence-corrected chi connectivity index (χ3v) is 4.15. The van der Waals surface area contributed by atoms with E-state index in [-0.39, 0.29) is 12.3 Å². The molecular formula is C16H14Cl3NO3. The predicted octanol–water partition coefficient (Wildman–Crippen LogP) is 4.85. The van der Waals surface area contributed by atoms with E-state index in [1.165, 1.54) is 14.2 Å². The van der Waals surface area contributed by atoms with Crippen LogP contribution in [-0.2, 0) is 11.2 Å². The first kappa shape index (κ1) is 17.7. The third kappa shape index (κ3) is 4.22. The van der Waals surface area contributed by atoms with Crippen molar-refractivity contribution in [2.45, 2.75) is 6.42 Å². The van der Waals surface area contributed by atoms with Crippen LogP contribution in [0.4, 0.5) is 5.69 Å². The van der Waals surface area contributed by atoms with Crippen molar-refractivity contribution in [1.82, 2.24) is 0 Å². The lowest BCUT2D eigenvalue weighted by atomic mass is 10.1. The Balaban J connectivity index is 2.22. The van der Waals surface area contributed by atoms with Gasteiger partial charge in [-0.2, -0.15) is 0 Å². The number of nitrogens with one attached hydrogen (secondary N) is 1. The van der Waals surface area contributed by atoms with Gasteiger partial charge in [0.2, 0.25) is 5.91 Å². The van der Waals surface area contributed by atoms with Crippen LogP contribution < -0.4 is 14.8 Å². The fourth-order valence-corrected chi connectivity index (χ4v) is 2.79. The second-order valence-corrected chi connectivity index (χ2v) is 5.83. The Hall–Kier alpha value is -1.62. The second-order valence-electron chi connectivity index (χ2n) is 4.61. The summed E-state index contributed by atoms with van der Waals surface area (Å²) in [6.07, 6.45) is 0.0330. The molecule has 2 aromatic rings. The van der Waals surface area contributed by atoms with Crippen LogP contribution in [0.25, 0.3) is 0 Å². The van der Waals surface area contributed by atoms with Crippen molar-refractivity contribution in [2.75, 3.05) is 19.5 Å². The number of anilines is 1. The molecule has 2 rings (SSSR count). The van der Waals surface area contributed by atoms with Crippen LogP contribution >= 0.6 is 34.8 Å². The Morgan fingerprint density at radius 1 is 1.00 bits per heavy atom. The second kappa shape index (κ2) is 7.77. The van der Waals surface area contributed by atoms with Crippen molar-refractivity contribution in [2.24, 2.45) is 0 Å². The molecule has 0 saturated carbocycles. The van der Waals surface area contributed by atoms with Crippen LogP contribution in [0.15, 0.2) is 30.3 Å². The molecule has 23 heavy (non-hydrogen) atoms. The van der Waals surface area contributed by atoms with Crippen molar-refractivity contribution < 1.29 is 14.3 Å². The lowest BCUT2D eigenvalue weighted by Gasteiger charge is -2.13. The summed E-state index contributed by atoms with van der Waals surface area (Å²) >= 11 is 18.2. The van der Waals surface area contributed by atoms with E-state index in [1.807, 2.05) is 0 Å². The highest BCUT2D eigenvalue weighted by Gasteiger charge is 2.15. The minimum atomic E-state index is -0.292. The molecule has 4 nitrogen and oxygen atoms in total. The molecule has 0 atom stereocenters. The molecule has 0 aliphatic heterocycles. The van der Waals surface area contributed by atoms with Gasteiger partial charge < -0.3 is 14.8 Å². The van der Waals surface area contributed by atoms with Crippen LogP contribution in [0.2, 0.25) is 15.1 Å². The van der Waals surface area contributed by atoms with Crippen molar-refractivity contribution >= 4 is 46.4 Å². The van der Waals surface area contributed by atoms with E-state index in [2.05, 4.69) is 5.32 Å². The topological polar surface area (TPSA) is 47.6 Å². The van der Waals surface area contributed by atoms with E-state index in [9.17, 15) is 4.79 Å². The van der Waals surface area contributed by atoms with E-state index in [1.54, 1.807) is 30.3 Å². The number of hydrogen-bond acceptors (Lipinski definition) is 3. The molecular weight excluding hydrogens is 361 g/mol. The molecule has 0 unspecified atom stereocenters. The minimum Gasteiger partial charge on any atom is -0.495 e. The van der Waals surface area contributed by atoms with Crippen molar-refractivity contribution in [3.05, 3.63) is 51.0 Å². The molecule has 0 aliphatic rings. The van der Waals surface area contributed by atoms with Crippen molar-refractivity contribution in [3.8, 4) is 11.5 Å². The van der Waals surface area contributed by atoms with Gasteiger partial charge in [0.05, 0.1) is 31.4 Å². The SMILES string of the molecule is COc1cc(OC)c(NC(=O)Cc2c(Cl)cccc2Cl)cc1Cl. The van der Waals surface area contributed by atoms with Gasteiger partial charge in [-0.3, -0.25) is 4.79 Å². The van der Waals surface area contributed by atoms with Crippen LogP contribution in [0.5, 0.6) is 11.5 Å². The highest BCUT2D eigenvalue weighted by atomic mass is 35.5. The summed E-state index contributed by atoms with van der Waals surface area (Å²) in [6.45, 7) is 0. The van der Waals surface area contributed by atoms with E-state index in [0.717, 1.165) is 0 Å². The summed E-state index contributed by atoms with van der Waals surface area (Å²) in [5.74, 6) is 0.597. The van der Waals surface area contributed by atoms with E-state index < -0.39 is 0 Å². The number of amides is 1. The van der Waals surface area contributed by atoms with Gasteiger partial charge in [0, 0.05) is 16.1 Å². The van der Waals surface area contributed by atoms with Gasteiger partial charge >= 0.3 is 0 Å². The predicted molar refractivity (Wildman–Crippen MR) is 93.4 cm³/mol. The van der Waals surface area contributed by atoms with Crippen LogP contribution in [0.1, 0.15) is 5.56 Å². The van der Waals surface area contributed by atoms with Gasteiger partial charge in [0.25, 0.3) is 0 Å². The Labute approximate surface area is 149 Å². The maximum atomic E-state index is 12.3. The maximum absolute atomic E-state index is 12.3. The molecule has 0 heterocycles. The highest BCUT2D eigenvalue weighted by molar-refractivity contribution is 6.36. The fourth-order valence-electron chi connectivity index (χ4n) is 2.01. The molecule has 0 saturated heterocycles. The zero-order valence-corrected chi connectivity index (χ0v) is 14.7. The normalized spacial score (nSPS) is 10.3. The average molecular weight is 375 g/mol. The van der Waals surface area contributed by atoms with E-state index in [4.69, 9.17) is 44.3 Å². The summed E-state index contributed by atoms with van der Waals surface area (Å²) in [4.78, 5) is 12.3. The molecule has 0 aromatic heterocycles. The van der Waals surface area contributed by atoms with Crippen LogP contribution in [0.3, 0.4) is 0 Å². The fraction of sp³-hybridized carbons (Fsp3) is 0.188. The van der Waals surface area contributed by atoms with Gasteiger partial charge in [-0.15, -0.1) is 0 Å². The molecule has 7 heteroatoms. The quantitative estimate of drug-likeness (QED) is 0.814. The van der Waals surface area contributed by atoms with Gasteiger partial charge in [0.1, 0.15) is 11.5 Å².